The van der Waals surface area contributed by atoms with Crippen LogP contribution < -0.4 is 11.3 Å². The summed E-state index contributed by atoms with van der Waals surface area (Å²) in [6, 6.07) is 9.06. The first kappa shape index (κ1) is 15.5. The van der Waals surface area contributed by atoms with Crippen LogP contribution in [0.4, 0.5) is 0 Å². The van der Waals surface area contributed by atoms with E-state index in [9.17, 15) is 0 Å². The second kappa shape index (κ2) is 8.57. The van der Waals surface area contributed by atoms with Crippen LogP contribution in [0.5, 0.6) is 0 Å². The predicted molar refractivity (Wildman–Crippen MR) is 82.7 cm³/mol. The van der Waals surface area contributed by atoms with Crippen molar-refractivity contribution in [1.82, 2.24) is 5.43 Å². The van der Waals surface area contributed by atoms with Gasteiger partial charge in [-0.05, 0) is 35.6 Å². The van der Waals surface area contributed by atoms with E-state index in [-0.39, 0.29) is 6.04 Å². The van der Waals surface area contributed by atoms with E-state index in [1.54, 1.807) is 0 Å². The number of benzene rings is 1. The molecule has 2 nitrogen and oxygen atoms in total. The minimum atomic E-state index is 0.258. The third-order valence-electron chi connectivity index (χ3n) is 2.83. The third-order valence-corrected chi connectivity index (χ3v) is 4.10. The summed E-state index contributed by atoms with van der Waals surface area (Å²) in [6.07, 6.45) is 2.35. The number of rotatable bonds is 8. The molecule has 0 aliphatic rings. The largest absolute Gasteiger partial charge is 0.271 e. The molecule has 0 amide bonds. The maximum Gasteiger partial charge on any atom is 0.0550 e. The van der Waals surface area contributed by atoms with Gasteiger partial charge < -0.3 is 0 Å². The van der Waals surface area contributed by atoms with E-state index in [2.05, 4.69) is 50.5 Å². The number of hydrazine groups is 1. The fourth-order valence-corrected chi connectivity index (χ4v) is 2.97. The molecule has 0 aromatic heterocycles. The first-order chi connectivity index (χ1) is 8.67. The highest BCUT2D eigenvalue weighted by Gasteiger charge is 2.10. The van der Waals surface area contributed by atoms with E-state index in [0.29, 0.717) is 5.92 Å². The Morgan fingerprint density at radius 2 is 2.11 bits per heavy atom. The number of nitrogens with one attached hydrogen (secondary N) is 1. The molecule has 1 aromatic carbocycles. The fraction of sp³-hybridized carbons (Fsp3) is 0.600. The van der Waals surface area contributed by atoms with Gasteiger partial charge in [-0.3, -0.25) is 11.3 Å². The highest BCUT2D eigenvalue weighted by molar-refractivity contribution is 7.99. The molecule has 0 spiro atoms. The molecular weight excluding hydrogens is 240 g/mol. The maximum absolute atomic E-state index is 5.68. The summed E-state index contributed by atoms with van der Waals surface area (Å²) in [5, 5.41) is 0. The van der Waals surface area contributed by atoms with E-state index < -0.39 is 0 Å². The van der Waals surface area contributed by atoms with E-state index in [1.807, 2.05) is 11.8 Å². The molecule has 1 atom stereocenters. The van der Waals surface area contributed by atoms with Crippen LogP contribution in [0.2, 0.25) is 0 Å². The van der Waals surface area contributed by atoms with Crippen molar-refractivity contribution in [3.63, 3.8) is 0 Å². The Balaban J connectivity index is 2.66. The van der Waals surface area contributed by atoms with Gasteiger partial charge in [-0.2, -0.15) is 11.8 Å². The van der Waals surface area contributed by atoms with Crippen LogP contribution in [0.15, 0.2) is 24.3 Å². The maximum atomic E-state index is 5.68. The number of hydrogen-bond acceptors (Lipinski definition) is 3. The van der Waals surface area contributed by atoms with Gasteiger partial charge in [-0.15, -0.1) is 0 Å². The second-order valence-corrected chi connectivity index (χ2v) is 6.29. The summed E-state index contributed by atoms with van der Waals surface area (Å²) in [6.45, 7) is 6.71. The van der Waals surface area contributed by atoms with E-state index >= 15 is 0 Å². The molecule has 1 aromatic rings. The lowest BCUT2D eigenvalue weighted by molar-refractivity contribution is 0.606. The summed E-state index contributed by atoms with van der Waals surface area (Å²) in [5.74, 6) is 8.60. The van der Waals surface area contributed by atoms with Crippen molar-refractivity contribution in [3.05, 3.63) is 35.4 Å². The van der Waals surface area contributed by atoms with Crippen molar-refractivity contribution < 1.29 is 0 Å². The monoisotopic (exact) mass is 266 g/mol. The number of nitrogens with two attached hydrogens (primary N) is 1. The van der Waals surface area contributed by atoms with Crippen LogP contribution in [-0.2, 0) is 6.42 Å². The van der Waals surface area contributed by atoms with Gasteiger partial charge >= 0.3 is 0 Å². The average Bonchev–Trinajstić information content (AvgIpc) is 2.34. The van der Waals surface area contributed by atoms with Crippen LogP contribution in [0.3, 0.4) is 0 Å². The fourth-order valence-electron chi connectivity index (χ4n) is 1.99. The second-order valence-electron chi connectivity index (χ2n) is 5.14. The molecule has 1 rings (SSSR count). The molecule has 18 heavy (non-hydrogen) atoms. The van der Waals surface area contributed by atoms with Crippen LogP contribution in [0.1, 0.15) is 44.4 Å². The Morgan fingerprint density at radius 3 is 2.72 bits per heavy atom. The molecule has 0 aliphatic heterocycles. The quantitative estimate of drug-likeness (QED) is 0.429. The van der Waals surface area contributed by atoms with Gasteiger partial charge in [-0.1, -0.05) is 45.0 Å². The van der Waals surface area contributed by atoms with Gasteiger partial charge in [-0.25, -0.2) is 0 Å². The minimum Gasteiger partial charge on any atom is -0.271 e. The van der Waals surface area contributed by atoms with Crippen molar-refractivity contribution in [2.24, 2.45) is 11.8 Å². The van der Waals surface area contributed by atoms with Gasteiger partial charge in [0, 0.05) is 5.75 Å². The molecular formula is C15H26N2S. The molecule has 0 aliphatic carbocycles. The minimum absolute atomic E-state index is 0.258. The molecule has 0 saturated heterocycles. The predicted octanol–water partition coefficient (Wildman–Crippen LogP) is 3.53. The van der Waals surface area contributed by atoms with Crippen LogP contribution in [-0.4, -0.2) is 11.5 Å². The zero-order chi connectivity index (χ0) is 13.4. The van der Waals surface area contributed by atoms with Gasteiger partial charge in [0.2, 0.25) is 0 Å². The molecule has 3 heteroatoms. The molecule has 3 N–H and O–H groups in total. The third kappa shape index (κ3) is 5.42. The van der Waals surface area contributed by atoms with Crippen molar-refractivity contribution in [2.45, 2.75) is 39.7 Å². The van der Waals surface area contributed by atoms with Gasteiger partial charge in [0.1, 0.15) is 0 Å². The SMILES string of the molecule is CCCSCC(NN)c1cccc(CC(C)C)c1. The van der Waals surface area contributed by atoms with Crippen LogP contribution in [0, 0.1) is 5.92 Å². The van der Waals surface area contributed by atoms with Crippen LogP contribution >= 0.6 is 11.8 Å². The van der Waals surface area contributed by atoms with Crippen LogP contribution in [0.25, 0.3) is 0 Å². The highest BCUT2D eigenvalue weighted by atomic mass is 32.2. The summed E-state index contributed by atoms with van der Waals surface area (Å²) in [7, 11) is 0. The smallest absolute Gasteiger partial charge is 0.0550 e. The average molecular weight is 266 g/mol. The van der Waals surface area contributed by atoms with E-state index in [0.717, 1.165) is 12.2 Å². The highest BCUT2D eigenvalue weighted by Crippen LogP contribution is 2.20. The summed E-state index contributed by atoms with van der Waals surface area (Å²) < 4.78 is 0. The molecule has 0 heterocycles. The topological polar surface area (TPSA) is 38.0 Å². The number of thioether (sulfide) groups is 1. The van der Waals surface area contributed by atoms with Crippen molar-refractivity contribution in [1.29, 1.82) is 0 Å². The molecule has 0 bridgehead atoms. The first-order valence-electron chi connectivity index (χ1n) is 6.80. The lowest BCUT2D eigenvalue weighted by Gasteiger charge is -2.17. The Hall–Kier alpha value is -0.510. The Morgan fingerprint density at radius 1 is 1.33 bits per heavy atom. The standard InChI is InChI=1S/C15H26N2S/c1-4-8-18-11-15(17-16)14-7-5-6-13(10-14)9-12(2)3/h5-7,10,12,15,17H,4,8-9,11,16H2,1-3H3. The van der Waals surface area contributed by atoms with Gasteiger partial charge in [0.25, 0.3) is 0 Å². The molecule has 1 unspecified atom stereocenters. The zero-order valence-corrected chi connectivity index (χ0v) is 12.6. The molecule has 0 fully saturated rings. The van der Waals surface area contributed by atoms with Gasteiger partial charge in [0.05, 0.1) is 6.04 Å². The normalized spacial score (nSPS) is 12.9. The van der Waals surface area contributed by atoms with Gasteiger partial charge in [0.15, 0.2) is 0 Å². The Bertz CT molecular complexity index is 339. The van der Waals surface area contributed by atoms with E-state index in [1.165, 1.54) is 23.3 Å². The number of hydrogen-bond donors (Lipinski definition) is 2. The summed E-state index contributed by atoms with van der Waals surface area (Å²) in [4.78, 5) is 0. The first-order valence-corrected chi connectivity index (χ1v) is 7.95. The lowest BCUT2D eigenvalue weighted by Crippen LogP contribution is -2.29. The Labute approximate surface area is 116 Å². The molecule has 0 radical (unpaired) electrons. The summed E-state index contributed by atoms with van der Waals surface area (Å²) in [5.41, 5.74) is 5.65. The zero-order valence-electron chi connectivity index (χ0n) is 11.8. The summed E-state index contributed by atoms with van der Waals surface area (Å²) >= 11 is 1.96. The molecule has 102 valence electrons. The lowest BCUT2D eigenvalue weighted by atomic mass is 9.99. The van der Waals surface area contributed by atoms with Crippen molar-refractivity contribution in [3.8, 4) is 0 Å². The van der Waals surface area contributed by atoms with E-state index in [4.69, 9.17) is 5.84 Å². The Kier molecular flexibility index (Phi) is 7.40. The van der Waals surface area contributed by atoms with Crippen molar-refractivity contribution >= 4 is 11.8 Å². The van der Waals surface area contributed by atoms with Crippen molar-refractivity contribution in [2.75, 3.05) is 11.5 Å². The molecule has 0 saturated carbocycles.